The highest BCUT2D eigenvalue weighted by Gasteiger charge is 2.19. The maximum absolute atomic E-state index is 11.7. The average Bonchev–Trinajstić information content (AvgIpc) is 2.87. The van der Waals surface area contributed by atoms with Crippen LogP contribution in [0.15, 0.2) is 42.7 Å². The van der Waals surface area contributed by atoms with Gasteiger partial charge >= 0.3 is 5.97 Å². The van der Waals surface area contributed by atoms with Crippen molar-refractivity contribution in [3.8, 4) is 11.5 Å². The summed E-state index contributed by atoms with van der Waals surface area (Å²) in [4.78, 5) is 25.0. The van der Waals surface area contributed by atoms with Crippen LogP contribution in [0.1, 0.15) is 13.3 Å². The lowest BCUT2D eigenvalue weighted by Crippen LogP contribution is -2.48. The van der Waals surface area contributed by atoms with E-state index in [4.69, 9.17) is 25.8 Å². The number of rotatable bonds is 11. The number of carbonyl (C=O) groups is 1. The Bertz CT molecular complexity index is 1170. The van der Waals surface area contributed by atoms with E-state index in [-0.39, 0.29) is 5.97 Å². The van der Waals surface area contributed by atoms with Gasteiger partial charge in [0, 0.05) is 54.9 Å². The first-order chi connectivity index (χ1) is 17.6. The van der Waals surface area contributed by atoms with Crippen molar-refractivity contribution < 1.29 is 19.0 Å². The van der Waals surface area contributed by atoms with E-state index in [0.717, 1.165) is 55.7 Å². The first kappa shape index (κ1) is 25.9. The molecule has 0 radical (unpaired) electrons. The SMILES string of the molecule is CCOC(=O)CN1CCN(CCCOc2cc3c(Nc4cccc(Cl)c4)ncnc3cc2OC)CC1. The molecule has 0 atom stereocenters. The summed E-state index contributed by atoms with van der Waals surface area (Å²) in [5.74, 6) is 1.78. The summed E-state index contributed by atoms with van der Waals surface area (Å²) in [6.45, 7) is 7.67. The van der Waals surface area contributed by atoms with Crippen molar-refractivity contribution in [1.29, 1.82) is 0 Å². The normalized spacial score (nSPS) is 14.5. The second-order valence-corrected chi connectivity index (χ2v) is 8.94. The van der Waals surface area contributed by atoms with Crippen LogP contribution in [0.5, 0.6) is 11.5 Å². The fourth-order valence-electron chi connectivity index (χ4n) is 4.17. The third-order valence-electron chi connectivity index (χ3n) is 6.01. The minimum Gasteiger partial charge on any atom is -0.493 e. The number of piperazine rings is 1. The highest BCUT2D eigenvalue weighted by molar-refractivity contribution is 6.30. The van der Waals surface area contributed by atoms with Crippen molar-refractivity contribution in [2.75, 3.05) is 64.9 Å². The number of anilines is 2. The van der Waals surface area contributed by atoms with Gasteiger partial charge in [-0.15, -0.1) is 0 Å². The minimum atomic E-state index is -0.153. The minimum absolute atomic E-state index is 0.153. The van der Waals surface area contributed by atoms with E-state index in [0.29, 0.717) is 42.1 Å². The van der Waals surface area contributed by atoms with Crippen LogP contribution in [0.25, 0.3) is 10.9 Å². The molecule has 0 saturated carbocycles. The number of halogens is 1. The van der Waals surface area contributed by atoms with Crippen molar-refractivity contribution in [3.63, 3.8) is 0 Å². The topological polar surface area (TPSA) is 89.1 Å². The first-order valence-corrected chi connectivity index (χ1v) is 12.5. The van der Waals surface area contributed by atoms with Crippen LogP contribution < -0.4 is 14.8 Å². The molecule has 10 heteroatoms. The molecule has 3 aromatic rings. The maximum atomic E-state index is 11.7. The molecule has 0 aliphatic carbocycles. The van der Waals surface area contributed by atoms with Gasteiger partial charge in [-0.25, -0.2) is 9.97 Å². The summed E-state index contributed by atoms with van der Waals surface area (Å²) >= 11 is 6.13. The molecule has 1 fully saturated rings. The number of carbonyl (C=O) groups excluding carboxylic acids is 1. The molecule has 36 heavy (non-hydrogen) atoms. The van der Waals surface area contributed by atoms with Crippen LogP contribution in [-0.4, -0.2) is 85.3 Å². The van der Waals surface area contributed by atoms with Crippen molar-refractivity contribution >= 4 is 40.0 Å². The molecular formula is C26H32ClN5O4. The molecule has 0 bridgehead atoms. The van der Waals surface area contributed by atoms with Crippen LogP contribution in [0.2, 0.25) is 5.02 Å². The number of fused-ring (bicyclic) bond motifs is 1. The van der Waals surface area contributed by atoms with Gasteiger partial charge in [0.1, 0.15) is 12.1 Å². The van der Waals surface area contributed by atoms with Gasteiger partial charge in [0.05, 0.1) is 32.4 Å². The van der Waals surface area contributed by atoms with Crippen LogP contribution in [-0.2, 0) is 9.53 Å². The molecule has 2 aromatic carbocycles. The number of hydrogen-bond donors (Lipinski definition) is 1. The van der Waals surface area contributed by atoms with Gasteiger partial charge < -0.3 is 24.4 Å². The van der Waals surface area contributed by atoms with Crippen molar-refractivity contribution in [2.45, 2.75) is 13.3 Å². The standard InChI is InChI=1S/C26H32ClN5O4/c1-3-35-25(33)17-32-11-9-31(10-12-32)8-5-13-36-24-15-21-22(16-23(24)34-2)28-18-29-26(21)30-20-7-4-6-19(27)14-20/h4,6-7,14-16,18H,3,5,8-13,17H2,1-2H3,(H,28,29,30). The molecule has 1 aliphatic rings. The lowest BCUT2D eigenvalue weighted by atomic mass is 10.2. The molecule has 0 spiro atoms. The lowest BCUT2D eigenvalue weighted by Gasteiger charge is -2.34. The molecular weight excluding hydrogens is 482 g/mol. The molecule has 2 heterocycles. The van der Waals surface area contributed by atoms with E-state index >= 15 is 0 Å². The monoisotopic (exact) mass is 513 g/mol. The number of methoxy groups -OCH3 is 1. The van der Waals surface area contributed by atoms with Gasteiger partial charge in [-0.2, -0.15) is 0 Å². The molecule has 192 valence electrons. The zero-order chi connectivity index (χ0) is 25.3. The summed E-state index contributed by atoms with van der Waals surface area (Å²) in [7, 11) is 1.62. The zero-order valence-electron chi connectivity index (χ0n) is 20.7. The average molecular weight is 514 g/mol. The number of benzene rings is 2. The van der Waals surface area contributed by atoms with Gasteiger partial charge in [-0.1, -0.05) is 17.7 Å². The van der Waals surface area contributed by atoms with Crippen LogP contribution in [0.3, 0.4) is 0 Å². The number of hydrogen-bond acceptors (Lipinski definition) is 9. The Hall–Kier alpha value is -3.14. The molecule has 0 amide bonds. The highest BCUT2D eigenvalue weighted by Crippen LogP contribution is 2.35. The number of aromatic nitrogens is 2. The maximum Gasteiger partial charge on any atom is 0.320 e. The Labute approximate surface area is 216 Å². The quantitative estimate of drug-likeness (QED) is 0.302. The molecule has 4 rings (SSSR count). The molecule has 1 aliphatic heterocycles. The second kappa shape index (κ2) is 12.7. The van der Waals surface area contributed by atoms with E-state index in [2.05, 4.69) is 25.1 Å². The van der Waals surface area contributed by atoms with Gasteiger partial charge in [-0.05, 0) is 37.6 Å². The van der Waals surface area contributed by atoms with E-state index in [1.165, 1.54) is 6.33 Å². The van der Waals surface area contributed by atoms with E-state index < -0.39 is 0 Å². The van der Waals surface area contributed by atoms with E-state index in [1.807, 2.05) is 43.3 Å². The summed E-state index contributed by atoms with van der Waals surface area (Å²) < 4.78 is 16.7. The van der Waals surface area contributed by atoms with Gasteiger partial charge in [0.2, 0.25) is 0 Å². The predicted octanol–water partition coefficient (Wildman–Crippen LogP) is 3.99. The van der Waals surface area contributed by atoms with Gasteiger partial charge in [-0.3, -0.25) is 9.69 Å². The molecule has 1 N–H and O–H groups in total. The smallest absolute Gasteiger partial charge is 0.320 e. The third-order valence-corrected chi connectivity index (χ3v) is 6.24. The number of nitrogens with zero attached hydrogens (tertiary/aromatic N) is 4. The number of nitrogens with one attached hydrogen (secondary N) is 1. The van der Waals surface area contributed by atoms with Crippen LogP contribution in [0.4, 0.5) is 11.5 Å². The Kier molecular flexibility index (Phi) is 9.16. The van der Waals surface area contributed by atoms with Crippen molar-refractivity contribution in [2.24, 2.45) is 0 Å². The highest BCUT2D eigenvalue weighted by atomic mass is 35.5. The Morgan fingerprint density at radius 2 is 1.89 bits per heavy atom. The Morgan fingerprint density at radius 1 is 1.08 bits per heavy atom. The molecule has 9 nitrogen and oxygen atoms in total. The first-order valence-electron chi connectivity index (χ1n) is 12.1. The molecule has 1 saturated heterocycles. The van der Waals surface area contributed by atoms with E-state index in [1.54, 1.807) is 7.11 Å². The summed E-state index contributed by atoms with van der Waals surface area (Å²) in [6, 6.07) is 11.2. The van der Waals surface area contributed by atoms with Gasteiger partial charge in [0.25, 0.3) is 0 Å². The summed E-state index contributed by atoms with van der Waals surface area (Å²) in [5.41, 5.74) is 1.59. The Morgan fingerprint density at radius 3 is 2.64 bits per heavy atom. The predicted molar refractivity (Wildman–Crippen MR) is 140 cm³/mol. The lowest BCUT2D eigenvalue weighted by molar-refractivity contribution is -0.144. The zero-order valence-corrected chi connectivity index (χ0v) is 21.5. The van der Waals surface area contributed by atoms with Crippen molar-refractivity contribution in [3.05, 3.63) is 47.7 Å². The van der Waals surface area contributed by atoms with Crippen LogP contribution in [0, 0.1) is 0 Å². The number of ether oxygens (including phenoxy) is 3. The summed E-state index contributed by atoms with van der Waals surface area (Å²) in [6.07, 6.45) is 2.39. The largest absolute Gasteiger partial charge is 0.493 e. The fourth-order valence-corrected chi connectivity index (χ4v) is 4.36. The summed E-state index contributed by atoms with van der Waals surface area (Å²) in [5, 5.41) is 4.78. The second-order valence-electron chi connectivity index (χ2n) is 8.50. The van der Waals surface area contributed by atoms with Gasteiger partial charge in [0.15, 0.2) is 11.5 Å². The number of esters is 1. The Balaban J connectivity index is 1.33. The fraction of sp³-hybridized carbons (Fsp3) is 0.423. The third kappa shape index (κ3) is 6.96. The van der Waals surface area contributed by atoms with E-state index in [9.17, 15) is 4.79 Å². The van der Waals surface area contributed by atoms with Crippen molar-refractivity contribution in [1.82, 2.24) is 19.8 Å². The molecule has 0 unspecified atom stereocenters. The molecule has 1 aromatic heterocycles. The van der Waals surface area contributed by atoms with Crippen LogP contribution >= 0.6 is 11.6 Å².